The molecular formula is C16H22N5O2+. The second kappa shape index (κ2) is 5.33. The van der Waals surface area contributed by atoms with Gasteiger partial charge in [0, 0.05) is 13.6 Å². The standard InChI is InChI=1S/C16H22N5O2/c1-6-8-19-10(3)11(4)21-12-13(17-15(19)21)18(5)16(23)20(9-7-2)14(12)22/h6,12H,1,7-9H2,2-5H3/q+1. The van der Waals surface area contributed by atoms with Gasteiger partial charge in [0.2, 0.25) is 11.9 Å². The Balaban J connectivity index is 2.16. The molecule has 0 radical (unpaired) electrons. The summed E-state index contributed by atoms with van der Waals surface area (Å²) in [6, 6.07) is -0.855. The van der Waals surface area contributed by atoms with Gasteiger partial charge in [-0.15, -0.1) is 0 Å². The summed E-state index contributed by atoms with van der Waals surface area (Å²) in [5.74, 6) is 1.01. The molecule has 0 N–H and O–H groups in total. The summed E-state index contributed by atoms with van der Waals surface area (Å²) in [6.07, 6.45) is 2.53. The number of allylic oxidation sites excluding steroid dienone is 1. The van der Waals surface area contributed by atoms with Crippen LogP contribution < -0.4 is 4.57 Å². The Kier molecular flexibility index (Phi) is 3.58. The number of aliphatic imine (C=N–C) groups is 1. The zero-order valence-corrected chi connectivity index (χ0v) is 14.0. The summed E-state index contributed by atoms with van der Waals surface area (Å²) in [4.78, 5) is 32.7. The third kappa shape index (κ3) is 1.95. The Morgan fingerprint density at radius 3 is 2.65 bits per heavy atom. The molecule has 0 aromatic carbocycles. The molecule has 7 nitrogen and oxygen atoms in total. The maximum absolute atomic E-state index is 12.9. The lowest BCUT2D eigenvalue weighted by Gasteiger charge is -2.33. The number of imidazole rings is 1. The number of hydrogen-bond donors (Lipinski definition) is 0. The average molecular weight is 316 g/mol. The van der Waals surface area contributed by atoms with E-state index >= 15 is 0 Å². The number of aromatic nitrogens is 2. The van der Waals surface area contributed by atoms with Crippen LogP contribution in [0, 0.1) is 13.8 Å². The Morgan fingerprint density at radius 1 is 1.35 bits per heavy atom. The second-order valence-electron chi connectivity index (χ2n) is 5.94. The first-order valence-electron chi connectivity index (χ1n) is 7.83. The molecule has 3 heterocycles. The number of fused-ring (bicyclic) bond motifs is 3. The molecule has 1 saturated heterocycles. The van der Waals surface area contributed by atoms with Gasteiger partial charge in [0.05, 0.1) is 6.54 Å². The molecule has 3 amide bonds. The molecule has 1 aromatic heterocycles. The molecular weight excluding hydrogens is 294 g/mol. The van der Waals surface area contributed by atoms with E-state index in [0.29, 0.717) is 24.9 Å². The van der Waals surface area contributed by atoms with Crippen molar-refractivity contribution >= 4 is 23.7 Å². The first kappa shape index (κ1) is 15.5. The van der Waals surface area contributed by atoms with Crippen LogP contribution in [0.5, 0.6) is 0 Å². The van der Waals surface area contributed by atoms with Crippen LogP contribution in [-0.2, 0) is 11.3 Å². The van der Waals surface area contributed by atoms with E-state index in [1.54, 1.807) is 13.1 Å². The van der Waals surface area contributed by atoms with E-state index in [1.807, 2.05) is 29.9 Å². The van der Waals surface area contributed by atoms with Crippen LogP contribution in [0.25, 0.3) is 0 Å². The third-order valence-corrected chi connectivity index (χ3v) is 4.58. The van der Waals surface area contributed by atoms with Crippen molar-refractivity contribution in [2.75, 3.05) is 13.6 Å². The monoisotopic (exact) mass is 316 g/mol. The number of amides is 3. The number of imide groups is 1. The molecule has 1 atom stereocenters. The van der Waals surface area contributed by atoms with E-state index < -0.39 is 6.04 Å². The Morgan fingerprint density at radius 2 is 2.04 bits per heavy atom. The van der Waals surface area contributed by atoms with Crippen molar-refractivity contribution in [1.29, 1.82) is 0 Å². The average Bonchev–Trinajstić information content (AvgIpc) is 3.02. The minimum Gasteiger partial charge on any atom is -0.270 e. The van der Waals surface area contributed by atoms with Crippen LogP contribution in [0.4, 0.5) is 10.7 Å². The van der Waals surface area contributed by atoms with Crippen molar-refractivity contribution in [1.82, 2.24) is 14.4 Å². The first-order valence-corrected chi connectivity index (χ1v) is 7.83. The maximum Gasteiger partial charge on any atom is 0.402 e. The summed E-state index contributed by atoms with van der Waals surface area (Å²) >= 11 is 0. The lowest BCUT2D eigenvalue weighted by atomic mass is 10.1. The van der Waals surface area contributed by atoms with Crippen molar-refractivity contribution in [2.24, 2.45) is 4.99 Å². The van der Waals surface area contributed by atoms with Crippen molar-refractivity contribution in [3.05, 3.63) is 24.0 Å². The highest BCUT2D eigenvalue weighted by atomic mass is 16.2. The van der Waals surface area contributed by atoms with Crippen LogP contribution in [0.15, 0.2) is 17.6 Å². The smallest absolute Gasteiger partial charge is 0.270 e. The number of nitrogens with zero attached hydrogens (tertiary/aromatic N) is 5. The van der Waals surface area contributed by atoms with Crippen LogP contribution in [0.2, 0.25) is 0 Å². The Bertz CT molecular complexity index is 746. The van der Waals surface area contributed by atoms with Gasteiger partial charge in [0.25, 0.3) is 5.91 Å². The largest absolute Gasteiger partial charge is 0.402 e. The molecule has 7 heteroatoms. The molecule has 0 saturated carbocycles. The summed E-state index contributed by atoms with van der Waals surface area (Å²) in [6.45, 7) is 10.8. The van der Waals surface area contributed by atoms with E-state index in [4.69, 9.17) is 0 Å². The van der Waals surface area contributed by atoms with E-state index in [1.165, 1.54) is 9.80 Å². The molecule has 2 aliphatic heterocycles. The molecule has 0 aliphatic carbocycles. The molecule has 3 rings (SSSR count). The number of carbonyl (C=O) groups is 2. The number of hydrogen-bond acceptors (Lipinski definition) is 3. The molecule has 1 fully saturated rings. The predicted molar refractivity (Wildman–Crippen MR) is 85.6 cm³/mol. The van der Waals surface area contributed by atoms with Gasteiger partial charge in [-0.1, -0.05) is 24.6 Å². The number of likely N-dealkylation sites (N-methyl/N-ethyl adjacent to an activating group) is 1. The first-order chi connectivity index (χ1) is 10.9. The van der Waals surface area contributed by atoms with Crippen LogP contribution in [0.3, 0.4) is 0 Å². The van der Waals surface area contributed by atoms with E-state index in [2.05, 4.69) is 11.6 Å². The van der Waals surface area contributed by atoms with Gasteiger partial charge in [-0.3, -0.25) is 14.6 Å². The van der Waals surface area contributed by atoms with Crippen LogP contribution in [-0.4, -0.2) is 45.7 Å². The summed E-state index contributed by atoms with van der Waals surface area (Å²) in [5.41, 5.74) is 2.04. The zero-order chi connectivity index (χ0) is 16.9. The highest BCUT2D eigenvalue weighted by Gasteiger charge is 2.53. The fourth-order valence-electron chi connectivity index (χ4n) is 3.28. The zero-order valence-electron chi connectivity index (χ0n) is 14.0. The molecule has 2 aliphatic rings. The van der Waals surface area contributed by atoms with Crippen molar-refractivity contribution < 1.29 is 14.2 Å². The quantitative estimate of drug-likeness (QED) is 0.624. The minimum atomic E-state index is -0.552. The SMILES string of the molecule is C=CC[n+]1c(C)c(C)n2c1N=C1C2C(=O)N(CCC)C(=O)N1C. The fraction of sp³-hybridized carbons (Fsp3) is 0.500. The molecule has 1 aromatic rings. The fourth-order valence-corrected chi connectivity index (χ4v) is 3.28. The van der Waals surface area contributed by atoms with Crippen molar-refractivity contribution in [2.45, 2.75) is 39.8 Å². The Labute approximate surface area is 135 Å². The van der Waals surface area contributed by atoms with Crippen molar-refractivity contribution in [3.63, 3.8) is 0 Å². The molecule has 1 unspecified atom stereocenters. The van der Waals surface area contributed by atoms with Crippen molar-refractivity contribution in [3.8, 4) is 0 Å². The van der Waals surface area contributed by atoms with E-state index in [9.17, 15) is 9.59 Å². The van der Waals surface area contributed by atoms with E-state index in [-0.39, 0.29) is 11.9 Å². The van der Waals surface area contributed by atoms with Gasteiger partial charge in [0.1, 0.15) is 11.4 Å². The van der Waals surface area contributed by atoms with Gasteiger partial charge in [0.15, 0.2) is 0 Å². The van der Waals surface area contributed by atoms with Gasteiger partial charge in [-0.25, -0.2) is 13.9 Å². The maximum atomic E-state index is 12.9. The summed E-state index contributed by atoms with van der Waals surface area (Å²) in [7, 11) is 1.68. The lowest BCUT2D eigenvalue weighted by Crippen LogP contribution is -2.57. The number of amidine groups is 1. The number of rotatable bonds is 4. The highest BCUT2D eigenvalue weighted by molar-refractivity contribution is 6.20. The number of carbonyl (C=O) groups excluding carboxylic acids is 2. The molecule has 122 valence electrons. The van der Waals surface area contributed by atoms with Crippen LogP contribution >= 0.6 is 0 Å². The van der Waals surface area contributed by atoms with Crippen LogP contribution in [0.1, 0.15) is 30.8 Å². The Hall–Kier alpha value is -2.44. The highest BCUT2D eigenvalue weighted by Crippen LogP contribution is 2.35. The molecule has 23 heavy (non-hydrogen) atoms. The predicted octanol–water partition coefficient (Wildman–Crippen LogP) is 1.47. The summed E-state index contributed by atoms with van der Waals surface area (Å²) < 4.78 is 3.95. The van der Waals surface area contributed by atoms with E-state index in [0.717, 1.165) is 17.8 Å². The molecule has 0 bridgehead atoms. The lowest BCUT2D eigenvalue weighted by molar-refractivity contribution is -0.679. The topological polar surface area (TPSA) is 61.8 Å². The number of urea groups is 1. The molecule has 0 spiro atoms. The minimum absolute atomic E-state index is 0.198. The third-order valence-electron chi connectivity index (χ3n) is 4.58. The summed E-state index contributed by atoms with van der Waals surface area (Å²) in [5, 5.41) is 0. The van der Waals surface area contributed by atoms with Gasteiger partial charge in [-0.2, -0.15) is 0 Å². The second-order valence-corrected chi connectivity index (χ2v) is 5.94. The normalized spacial score (nSPS) is 19.8. The van der Waals surface area contributed by atoms with Gasteiger partial charge in [-0.05, 0) is 20.3 Å². The van der Waals surface area contributed by atoms with Gasteiger partial charge < -0.3 is 0 Å². The van der Waals surface area contributed by atoms with Gasteiger partial charge >= 0.3 is 12.0 Å².